The predicted octanol–water partition coefficient (Wildman–Crippen LogP) is 3.54. The second-order valence-electron chi connectivity index (χ2n) is 4.65. The molecule has 19 heavy (non-hydrogen) atoms. The Kier molecular flexibility index (Phi) is 5.08. The van der Waals surface area contributed by atoms with Crippen molar-refractivity contribution in [1.29, 1.82) is 0 Å². The maximum atomic E-state index is 11.8. The zero-order valence-corrected chi connectivity index (χ0v) is 12.3. The van der Waals surface area contributed by atoms with Crippen molar-refractivity contribution in [2.24, 2.45) is 5.92 Å². The first kappa shape index (κ1) is 14.6. The molecule has 0 atom stereocenters. The molecule has 3 nitrogen and oxygen atoms in total. The molecule has 0 heterocycles. The fourth-order valence-corrected chi connectivity index (χ4v) is 2.47. The van der Waals surface area contributed by atoms with Crippen molar-refractivity contribution in [3.05, 3.63) is 27.7 Å². The van der Waals surface area contributed by atoms with Crippen LogP contribution in [0.2, 0.25) is 10.0 Å². The summed E-state index contributed by atoms with van der Waals surface area (Å²) >= 11 is 12.3. The average Bonchev–Trinajstić information content (AvgIpc) is 3.16. The van der Waals surface area contributed by atoms with E-state index in [1.165, 1.54) is 0 Å². The van der Waals surface area contributed by atoms with E-state index >= 15 is 0 Å². The van der Waals surface area contributed by atoms with Crippen LogP contribution in [0.15, 0.2) is 12.1 Å². The monoisotopic (exact) mass is 302 g/mol. The molecular formula is C14H16Cl2O3. The number of carbonyl (C=O) groups excluding carboxylic acids is 1. The molecule has 0 aliphatic heterocycles. The molecule has 0 N–H and O–H groups in total. The van der Waals surface area contributed by atoms with Crippen molar-refractivity contribution >= 4 is 29.0 Å². The smallest absolute Gasteiger partial charge is 0.156 e. The van der Waals surface area contributed by atoms with Crippen LogP contribution >= 0.6 is 23.2 Å². The fourth-order valence-electron chi connectivity index (χ4n) is 1.83. The van der Waals surface area contributed by atoms with Crippen molar-refractivity contribution in [2.75, 3.05) is 20.3 Å². The van der Waals surface area contributed by atoms with Gasteiger partial charge in [-0.3, -0.25) is 4.79 Å². The van der Waals surface area contributed by atoms with Crippen LogP contribution in [-0.4, -0.2) is 26.1 Å². The van der Waals surface area contributed by atoms with Crippen LogP contribution in [0, 0.1) is 5.92 Å². The van der Waals surface area contributed by atoms with Gasteiger partial charge >= 0.3 is 0 Å². The van der Waals surface area contributed by atoms with Gasteiger partial charge in [-0.05, 0) is 30.5 Å². The largest absolute Gasteiger partial charge is 0.488 e. The zero-order valence-electron chi connectivity index (χ0n) is 10.7. The summed E-state index contributed by atoms with van der Waals surface area (Å²) < 4.78 is 10.4. The maximum Gasteiger partial charge on any atom is 0.156 e. The van der Waals surface area contributed by atoms with Crippen LogP contribution < -0.4 is 4.74 Å². The van der Waals surface area contributed by atoms with E-state index in [-0.39, 0.29) is 11.7 Å². The quantitative estimate of drug-likeness (QED) is 0.723. The Morgan fingerprint density at radius 1 is 1.26 bits per heavy atom. The Labute approximate surface area is 122 Å². The third kappa shape index (κ3) is 4.10. The van der Waals surface area contributed by atoms with Crippen molar-refractivity contribution in [1.82, 2.24) is 0 Å². The highest BCUT2D eigenvalue weighted by Gasteiger charge is 2.29. The van der Waals surface area contributed by atoms with Gasteiger partial charge in [0, 0.05) is 19.4 Å². The zero-order chi connectivity index (χ0) is 13.8. The molecule has 5 heteroatoms. The van der Waals surface area contributed by atoms with Gasteiger partial charge in [0.05, 0.1) is 16.7 Å². The van der Waals surface area contributed by atoms with E-state index < -0.39 is 0 Å². The lowest BCUT2D eigenvalue weighted by atomic mass is 10.1. The van der Waals surface area contributed by atoms with Crippen LogP contribution in [-0.2, 0) is 16.0 Å². The van der Waals surface area contributed by atoms with Gasteiger partial charge in [0.25, 0.3) is 0 Å². The Morgan fingerprint density at radius 2 is 1.89 bits per heavy atom. The first-order valence-corrected chi connectivity index (χ1v) is 6.99. The van der Waals surface area contributed by atoms with E-state index in [1.807, 2.05) is 0 Å². The van der Waals surface area contributed by atoms with E-state index in [4.69, 9.17) is 32.7 Å². The van der Waals surface area contributed by atoms with Gasteiger partial charge < -0.3 is 9.47 Å². The number of methoxy groups -OCH3 is 1. The molecule has 0 unspecified atom stereocenters. The minimum Gasteiger partial charge on any atom is -0.488 e. The minimum absolute atomic E-state index is 0.246. The number of hydrogen-bond acceptors (Lipinski definition) is 3. The molecule has 0 radical (unpaired) electrons. The van der Waals surface area contributed by atoms with E-state index in [0.29, 0.717) is 35.4 Å². The molecule has 104 valence electrons. The molecule has 1 fully saturated rings. The molecule has 1 aromatic rings. The van der Waals surface area contributed by atoms with Crippen molar-refractivity contribution in [2.45, 2.75) is 19.3 Å². The number of halogens is 2. The molecule has 1 saturated carbocycles. The molecule has 0 amide bonds. The lowest BCUT2D eigenvalue weighted by Crippen LogP contribution is -2.07. The van der Waals surface area contributed by atoms with Gasteiger partial charge in [0.1, 0.15) is 12.4 Å². The number of ether oxygens (including phenoxy) is 2. The van der Waals surface area contributed by atoms with Crippen LogP contribution in [0.3, 0.4) is 0 Å². The van der Waals surface area contributed by atoms with Crippen LogP contribution in [0.4, 0.5) is 0 Å². The molecule has 2 rings (SSSR count). The van der Waals surface area contributed by atoms with Gasteiger partial charge in [-0.2, -0.15) is 0 Å². The Morgan fingerprint density at radius 3 is 2.42 bits per heavy atom. The molecular weight excluding hydrogens is 287 g/mol. The highest BCUT2D eigenvalue weighted by molar-refractivity contribution is 6.37. The second-order valence-corrected chi connectivity index (χ2v) is 5.46. The first-order chi connectivity index (χ1) is 9.11. The molecule has 0 aromatic heterocycles. The lowest BCUT2D eigenvalue weighted by Gasteiger charge is -2.11. The van der Waals surface area contributed by atoms with Gasteiger partial charge in [-0.25, -0.2) is 0 Å². The third-order valence-corrected chi connectivity index (χ3v) is 3.56. The molecule has 1 aliphatic carbocycles. The summed E-state index contributed by atoms with van der Waals surface area (Å²) in [6.45, 7) is 0.852. The normalized spacial score (nSPS) is 14.5. The van der Waals surface area contributed by atoms with Gasteiger partial charge in [-0.15, -0.1) is 0 Å². The number of Topliss-reactive ketones (excluding diaryl/α,β-unsaturated/α-hetero) is 1. The molecule has 1 aromatic carbocycles. The lowest BCUT2D eigenvalue weighted by molar-refractivity contribution is -0.119. The summed E-state index contributed by atoms with van der Waals surface area (Å²) in [6, 6.07) is 3.49. The van der Waals surface area contributed by atoms with E-state index in [0.717, 1.165) is 18.4 Å². The first-order valence-electron chi connectivity index (χ1n) is 6.24. The summed E-state index contributed by atoms with van der Waals surface area (Å²) in [5.74, 6) is 0.957. The molecule has 1 aliphatic rings. The van der Waals surface area contributed by atoms with Crippen molar-refractivity contribution in [3.8, 4) is 5.75 Å². The summed E-state index contributed by atoms with van der Waals surface area (Å²) in [5, 5.41) is 0.865. The van der Waals surface area contributed by atoms with Gasteiger partial charge in [0.2, 0.25) is 0 Å². The minimum atomic E-state index is 0.246. The number of hydrogen-bond donors (Lipinski definition) is 0. The Balaban J connectivity index is 2.04. The maximum absolute atomic E-state index is 11.8. The summed E-state index contributed by atoms with van der Waals surface area (Å²) in [4.78, 5) is 11.8. The van der Waals surface area contributed by atoms with Crippen molar-refractivity contribution < 1.29 is 14.3 Å². The topological polar surface area (TPSA) is 35.5 Å². The van der Waals surface area contributed by atoms with E-state index in [1.54, 1.807) is 19.2 Å². The number of benzene rings is 1. The van der Waals surface area contributed by atoms with Gasteiger partial charge in [-0.1, -0.05) is 23.2 Å². The van der Waals surface area contributed by atoms with Crippen LogP contribution in [0.1, 0.15) is 18.4 Å². The van der Waals surface area contributed by atoms with Crippen LogP contribution in [0.5, 0.6) is 5.75 Å². The highest BCUT2D eigenvalue weighted by atomic mass is 35.5. The van der Waals surface area contributed by atoms with Crippen molar-refractivity contribution in [3.63, 3.8) is 0 Å². The second kappa shape index (κ2) is 6.60. The summed E-state index contributed by atoms with van der Waals surface area (Å²) in [6.07, 6.45) is 2.42. The SMILES string of the molecule is COCCOc1c(Cl)cc(CC(=O)C2CC2)cc1Cl. The van der Waals surface area contributed by atoms with E-state index in [9.17, 15) is 4.79 Å². The number of ketones is 1. The fraction of sp³-hybridized carbons (Fsp3) is 0.500. The molecule has 0 bridgehead atoms. The molecule has 0 spiro atoms. The highest BCUT2D eigenvalue weighted by Crippen LogP contribution is 2.36. The Hall–Kier alpha value is -0.770. The third-order valence-electron chi connectivity index (χ3n) is 3.00. The Bertz CT molecular complexity index is 447. The summed E-state index contributed by atoms with van der Waals surface area (Å²) in [7, 11) is 1.60. The number of carbonyl (C=O) groups is 1. The summed E-state index contributed by atoms with van der Waals surface area (Å²) in [5.41, 5.74) is 0.839. The van der Waals surface area contributed by atoms with Gasteiger partial charge in [0.15, 0.2) is 5.75 Å². The van der Waals surface area contributed by atoms with Crippen LogP contribution in [0.25, 0.3) is 0 Å². The predicted molar refractivity (Wildman–Crippen MR) is 75.3 cm³/mol. The average molecular weight is 303 g/mol. The molecule has 0 saturated heterocycles. The standard InChI is InChI=1S/C14H16Cl2O3/c1-18-4-5-19-14-11(15)6-9(7-12(14)16)8-13(17)10-2-3-10/h6-7,10H,2-5,8H2,1H3. The number of rotatable bonds is 7. The van der Waals surface area contributed by atoms with E-state index in [2.05, 4.69) is 0 Å².